The van der Waals surface area contributed by atoms with E-state index in [1.807, 2.05) is 12.1 Å². The van der Waals surface area contributed by atoms with Gasteiger partial charge in [-0.2, -0.15) is 0 Å². The van der Waals surface area contributed by atoms with Crippen LogP contribution in [0.5, 0.6) is 0 Å². The van der Waals surface area contributed by atoms with Crippen molar-refractivity contribution in [1.29, 1.82) is 0 Å². The Hall–Kier alpha value is -0.800. The average Bonchev–Trinajstić information content (AvgIpc) is 2.69. The Morgan fingerprint density at radius 2 is 1.83 bits per heavy atom. The molecule has 1 aromatic heterocycles. The number of fused-ring (bicyclic) bond motifs is 1. The minimum atomic E-state index is 0.100. The van der Waals surface area contributed by atoms with E-state index in [9.17, 15) is 0 Å². The van der Waals surface area contributed by atoms with Crippen molar-refractivity contribution in [2.24, 2.45) is 0 Å². The van der Waals surface area contributed by atoms with Gasteiger partial charge in [-0.05, 0) is 49.7 Å². The molecule has 1 heterocycles. The lowest BCUT2D eigenvalue weighted by atomic mass is 9.89. The Morgan fingerprint density at radius 3 is 2.39 bits per heavy atom. The van der Waals surface area contributed by atoms with Crippen molar-refractivity contribution in [2.45, 2.75) is 45.6 Å². The van der Waals surface area contributed by atoms with Crippen molar-refractivity contribution >= 4 is 34.9 Å². The summed E-state index contributed by atoms with van der Waals surface area (Å²) in [5.41, 5.74) is 2.27. The number of rotatable bonds is 4. The van der Waals surface area contributed by atoms with E-state index in [1.165, 1.54) is 0 Å². The summed E-state index contributed by atoms with van der Waals surface area (Å²) in [7, 11) is 0. The number of hydrogen-bond acceptors (Lipinski definition) is 1. The van der Waals surface area contributed by atoms with Gasteiger partial charge < -0.3 is 9.55 Å². The molecule has 0 fully saturated rings. The molecule has 0 atom stereocenters. The summed E-state index contributed by atoms with van der Waals surface area (Å²) in [6.07, 6.45) is 3.22. The third-order valence-corrected chi connectivity index (χ3v) is 4.61. The second-order valence-electron chi connectivity index (χ2n) is 4.71. The molecular formula is C14H19ClN2S. The molecule has 4 heteroatoms. The quantitative estimate of drug-likeness (QED) is 0.757. The van der Waals surface area contributed by atoms with Gasteiger partial charge in [-0.25, -0.2) is 0 Å². The maximum Gasteiger partial charge on any atom is 0.178 e. The maximum atomic E-state index is 6.03. The van der Waals surface area contributed by atoms with Crippen LogP contribution in [0.25, 0.3) is 11.0 Å². The predicted molar refractivity (Wildman–Crippen MR) is 81.0 cm³/mol. The molecule has 18 heavy (non-hydrogen) atoms. The van der Waals surface area contributed by atoms with Gasteiger partial charge in [-0.15, -0.1) is 0 Å². The molecule has 2 rings (SSSR count). The van der Waals surface area contributed by atoms with Crippen LogP contribution in [0.15, 0.2) is 18.2 Å². The fourth-order valence-corrected chi connectivity index (χ4v) is 3.35. The van der Waals surface area contributed by atoms with Crippen LogP contribution in [0.3, 0.4) is 0 Å². The molecule has 2 aromatic rings. The number of nitrogens with one attached hydrogen (secondary N) is 1. The van der Waals surface area contributed by atoms with E-state index in [4.69, 9.17) is 23.8 Å². The summed E-state index contributed by atoms with van der Waals surface area (Å²) in [6, 6.07) is 5.92. The average molecular weight is 283 g/mol. The molecule has 0 saturated carbocycles. The van der Waals surface area contributed by atoms with Crippen LogP contribution in [0.2, 0.25) is 5.02 Å². The second kappa shape index (κ2) is 5.06. The monoisotopic (exact) mass is 282 g/mol. The van der Waals surface area contributed by atoms with Crippen molar-refractivity contribution < 1.29 is 0 Å². The highest BCUT2D eigenvalue weighted by atomic mass is 35.5. The van der Waals surface area contributed by atoms with E-state index in [-0.39, 0.29) is 5.54 Å². The molecule has 1 aromatic carbocycles. The third kappa shape index (κ3) is 1.99. The number of aromatic nitrogens is 2. The number of aromatic amines is 1. The Kier molecular flexibility index (Phi) is 3.83. The number of nitrogens with zero attached hydrogens (tertiary/aromatic N) is 1. The maximum absolute atomic E-state index is 6.03. The van der Waals surface area contributed by atoms with E-state index in [1.54, 1.807) is 0 Å². The highest BCUT2D eigenvalue weighted by Gasteiger charge is 2.28. The van der Waals surface area contributed by atoms with Crippen molar-refractivity contribution in [3.05, 3.63) is 28.0 Å². The normalized spacial score (nSPS) is 12.2. The van der Waals surface area contributed by atoms with Crippen LogP contribution in [0.4, 0.5) is 0 Å². The molecule has 0 bridgehead atoms. The zero-order valence-electron chi connectivity index (χ0n) is 11.1. The molecule has 0 saturated heterocycles. The molecule has 0 spiro atoms. The van der Waals surface area contributed by atoms with Gasteiger partial charge in [0, 0.05) is 10.6 Å². The van der Waals surface area contributed by atoms with Crippen LogP contribution in [-0.4, -0.2) is 9.55 Å². The van der Waals surface area contributed by atoms with Gasteiger partial charge >= 0.3 is 0 Å². The Balaban J connectivity index is 2.77. The summed E-state index contributed by atoms with van der Waals surface area (Å²) in [5.74, 6) is 0. The minimum absolute atomic E-state index is 0.100. The molecule has 0 radical (unpaired) electrons. The standard InChI is InChI=1S/C14H19ClN2S/c1-4-14(5-2,6-3)17-12-8-7-10(15)9-11(12)16-13(17)18/h7-9H,4-6H2,1-3H3,(H,16,18). The largest absolute Gasteiger partial charge is 0.331 e. The number of benzene rings is 1. The summed E-state index contributed by atoms with van der Waals surface area (Å²) in [4.78, 5) is 3.27. The Morgan fingerprint density at radius 1 is 1.22 bits per heavy atom. The van der Waals surface area contributed by atoms with Crippen LogP contribution in [0.1, 0.15) is 40.0 Å². The summed E-state index contributed by atoms with van der Waals surface area (Å²) >= 11 is 11.5. The Bertz CT molecular complexity index is 600. The van der Waals surface area contributed by atoms with Gasteiger partial charge in [0.15, 0.2) is 4.77 Å². The lowest BCUT2D eigenvalue weighted by molar-refractivity contribution is 0.255. The first kappa shape index (κ1) is 13.6. The predicted octanol–water partition coefficient (Wildman–Crippen LogP) is 5.28. The lowest BCUT2D eigenvalue weighted by Crippen LogP contribution is -2.31. The minimum Gasteiger partial charge on any atom is -0.331 e. The summed E-state index contributed by atoms with van der Waals surface area (Å²) in [5, 5.41) is 0.737. The van der Waals surface area contributed by atoms with E-state index < -0.39 is 0 Å². The lowest BCUT2D eigenvalue weighted by Gasteiger charge is -2.33. The zero-order chi connectivity index (χ0) is 13.3. The molecule has 1 N–H and O–H groups in total. The first-order valence-corrected chi connectivity index (χ1v) is 7.27. The van der Waals surface area contributed by atoms with Crippen molar-refractivity contribution in [3.8, 4) is 0 Å². The number of H-pyrrole nitrogens is 1. The molecule has 0 aliphatic carbocycles. The van der Waals surface area contributed by atoms with Crippen molar-refractivity contribution in [1.82, 2.24) is 9.55 Å². The van der Waals surface area contributed by atoms with Crippen molar-refractivity contribution in [3.63, 3.8) is 0 Å². The molecular weight excluding hydrogens is 264 g/mol. The van der Waals surface area contributed by atoms with Gasteiger partial charge in [0.2, 0.25) is 0 Å². The van der Waals surface area contributed by atoms with Gasteiger partial charge in [0.25, 0.3) is 0 Å². The molecule has 0 aliphatic rings. The highest BCUT2D eigenvalue weighted by Crippen LogP contribution is 2.33. The molecule has 98 valence electrons. The second-order valence-corrected chi connectivity index (χ2v) is 5.54. The number of imidazole rings is 1. The fraction of sp³-hybridized carbons (Fsp3) is 0.500. The third-order valence-electron chi connectivity index (χ3n) is 4.09. The van der Waals surface area contributed by atoms with Gasteiger partial charge in [0.1, 0.15) is 0 Å². The van der Waals surface area contributed by atoms with Crippen LogP contribution in [-0.2, 0) is 5.54 Å². The van der Waals surface area contributed by atoms with E-state index >= 15 is 0 Å². The van der Waals surface area contributed by atoms with Crippen LogP contribution >= 0.6 is 23.8 Å². The van der Waals surface area contributed by atoms with Crippen molar-refractivity contribution in [2.75, 3.05) is 0 Å². The number of halogens is 1. The zero-order valence-corrected chi connectivity index (χ0v) is 12.7. The molecule has 0 unspecified atom stereocenters. The van der Waals surface area contributed by atoms with Gasteiger partial charge in [-0.3, -0.25) is 0 Å². The van der Waals surface area contributed by atoms with Gasteiger partial charge in [0.05, 0.1) is 11.0 Å². The first-order chi connectivity index (χ1) is 8.57. The highest BCUT2D eigenvalue weighted by molar-refractivity contribution is 7.71. The van der Waals surface area contributed by atoms with E-state index in [0.29, 0.717) is 0 Å². The van der Waals surface area contributed by atoms with E-state index in [0.717, 1.165) is 40.1 Å². The van der Waals surface area contributed by atoms with E-state index in [2.05, 4.69) is 36.4 Å². The number of hydrogen-bond donors (Lipinski definition) is 1. The fourth-order valence-electron chi connectivity index (χ4n) is 2.78. The summed E-state index contributed by atoms with van der Waals surface area (Å²) in [6.45, 7) is 6.68. The molecule has 0 aliphatic heterocycles. The Labute approximate surface area is 118 Å². The van der Waals surface area contributed by atoms with Crippen LogP contribution in [0, 0.1) is 4.77 Å². The summed E-state index contributed by atoms with van der Waals surface area (Å²) < 4.78 is 3.06. The smallest absolute Gasteiger partial charge is 0.178 e. The van der Waals surface area contributed by atoms with Crippen LogP contribution < -0.4 is 0 Å². The van der Waals surface area contributed by atoms with Gasteiger partial charge in [-0.1, -0.05) is 32.4 Å². The SMILES string of the molecule is CCC(CC)(CC)n1c(=S)[nH]c2cc(Cl)ccc21. The molecule has 2 nitrogen and oxygen atoms in total. The molecule has 0 amide bonds. The first-order valence-electron chi connectivity index (χ1n) is 6.48. The topological polar surface area (TPSA) is 20.7 Å².